The Morgan fingerprint density at radius 2 is 2.00 bits per heavy atom. The van der Waals surface area contributed by atoms with Crippen LogP contribution in [0, 0.1) is 6.92 Å². The third kappa shape index (κ3) is 3.19. The SMILES string of the molecule is Cc1cccc(N)c1NC(C)C(=O)N1CCCCC1. The van der Waals surface area contributed by atoms with Crippen LogP contribution in [-0.4, -0.2) is 29.9 Å². The van der Waals surface area contributed by atoms with Crippen LogP contribution in [0.1, 0.15) is 31.7 Å². The van der Waals surface area contributed by atoms with Gasteiger partial charge in [0.1, 0.15) is 6.04 Å². The fourth-order valence-corrected chi connectivity index (χ4v) is 2.55. The van der Waals surface area contributed by atoms with Crippen molar-refractivity contribution in [2.45, 2.75) is 39.2 Å². The van der Waals surface area contributed by atoms with E-state index in [0.29, 0.717) is 5.69 Å². The highest BCUT2D eigenvalue weighted by Crippen LogP contribution is 2.23. The summed E-state index contributed by atoms with van der Waals surface area (Å²) in [4.78, 5) is 14.3. The molecule has 1 saturated heterocycles. The van der Waals surface area contributed by atoms with Crippen LogP contribution < -0.4 is 11.1 Å². The number of carbonyl (C=O) groups excluding carboxylic acids is 1. The van der Waals surface area contributed by atoms with Crippen LogP contribution in [0.25, 0.3) is 0 Å². The molecule has 0 spiro atoms. The molecule has 19 heavy (non-hydrogen) atoms. The van der Waals surface area contributed by atoms with Crippen LogP contribution in [-0.2, 0) is 4.79 Å². The summed E-state index contributed by atoms with van der Waals surface area (Å²) in [5.74, 6) is 0.169. The van der Waals surface area contributed by atoms with Gasteiger partial charge in [-0.15, -0.1) is 0 Å². The molecule has 1 aromatic rings. The highest BCUT2D eigenvalue weighted by Gasteiger charge is 2.22. The molecule has 4 nitrogen and oxygen atoms in total. The van der Waals surface area contributed by atoms with Gasteiger partial charge in [-0.25, -0.2) is 0 Å². The van der Waals surface area contributed by atoms with Gasteiger partial charge in [0.05, 0.1) is 11.4 Å². The number of nitrogen functional groups attached to an aromatic ring is 1. The van der Waals surface area contributed by atoms with Gasteiger partial charge in [-0.2, -0.15) is 0 Å². The lowest BCUT2D eigenvalue weighted by atomic mass is 10.1. The number of amides is 1. The minimum Gasteiger partial charge on any atom is -0.397 e. The number of nitrogens with one attached hydrogen (secondary N) is 1. The number of nitrogens with zero attached hydrogens (tertiary/aromatic N) is 1. The summed E-state index contributed by atoms with van der Waals surface area (Å²) in [6, 6.07) is 5.54. The number of benzene rings is 1. The Morgan fingerprint density at radius 3 is 2.63 bits per heavy atom. The molecule has 1 fully saturated rings. The summed E-state index contributed by atoms with van der Waals surface area (Å²) in [5.41, 5.74) is 8.60. The van der Waals surface area contributed by atoms with Gasteiger partial charge in [-0.3, -0.25) is 4.79 Å². The second-order valence-corrected chi connectivity index (χ2v) is 5.29. The number of piperidine rings is 1. The molecule has 1 unspecified atom stereocenters. The lowest BCUT2D eigenvalue weighted by Gasteiger charge is -2.30. The number of rotatable bonds is 3. The maximum absolute atomic E-state index is 12.3. The van der Waals surface area contributed by atoms with E-state index in [1.54, 1.807) is 0 Å². The Labute approximate surface area is 115 Å². The lowest BCUT2D eigenvalue weighted by Crippen LogP contribution is -2.44. The first-order chi connectivity index (χ1) is 9.09. The predicted molar refractivity (Wildman–Crippen MR) is 79.1 cm³/mol. The molecule has 0 radical (unpaired) electrons. The van der Waals surface area contributed by atoms with Crippen molar-refractivity contribution in [2.75, 3.05) is 24.1 Å². The molecule has 1 heterocycles. The van der Waals surface area contributed by atoms with Gasteiger partial charge in [-0.05, 0) is 44.7 Å². The van der Waals surface area contributed by atoms with Crippen LogP contribution in [0.2, 0.25) is 0 Å². The van der Waals surface area contributed by atoms with Crippen molar-refractivity contribution in [1.82, 2.24) is 4.90 Å². The Bertz CT molecular complexity index is 432. The molecule has 104 valence electrons. The van der Waals surface area contributed by atoms with E-state index in [-0.39, 0.29) is 11.9 Å². The second-order valence-electron chi connectivity index (χ2n) is 5.29. The first-order valence-corrected chi connectivity index (χ1v) is 7.00. The third-order valence-electron chi connectivity index (χ3n) is 3.70. The molecule has 1 aliphatic heterocycles. The average molecular weight is 261 g/mol. The van der Waals surface area contributed by atoms with E-state index in [4.69, 9.17) is 5.73 Å². The van der Waals surface area contributed by atoms with Gasteiger partial charge in [-0.1, -0.05) is 12.1 Å². The van der Waals surface area contributed by atoms with Crippen molar-refractivity contribution >= 4 is 17.3 Å². The van der Waals surface area contributed by atoms with Crippen LogP contribution in [0.15, 0.2) is 18.2 Å². The number of aryl methyl sites for hydroxylation is 1. The molecule has 1 aliphatic rings. The molecule has 0 aliphatic carbocycles. The minimum absolute atomic E-state index is 0.169. The van der Waals surface area contributed by atoms with Gasteiger partial charge in [0.25, 0.3) is 0 Å². The van der Waals surface area contributed by atoms with Crippen molar-refractivity contribution in [3.63, 3.8) is 0 Å². The molecule has 4 heteroatoms. The van der Waals surface area contributed by atoms with Gasteiger partial charge in [0.15, 0.2) is 0 Å². The van der Waals surface area contributed by atoms with Gasteiger partial charge in [0.2, 0.25) is 5.91 Å². The zero-order valence-electron chi connectivity index (χ0n) is 11.8. The molecular weight excluding hydrogens is 238 g/mol. The van der Waals surface area contributed by atoms with E-state index in [2.05, 4.69) is 5.32 Å². The van der Waals surface area contributed by atoms with Crippen LogP contribution >= 0.6 is 0 Å². The summed E-state index contributed by atoms with van der Waals surface area (Å²) in [6.45, 7) is 5.67. The van der Waals surface area contributed by atoms with Gasteiger partial charge < -0.3 is 16.0 Å². The topological polar surface area (TPSA) is 58.4 Å². The number of nitrogens with two attached hydrogens (primary N) is 1. The number of hydrogen-bond donors (Lipinski definition) is 2. The normalized spacial score (nSPS) is 17.1. The fraction of sp³-hybridized carbons (Fsp3) is 0.533. The van der Waals surface area contributed by atoms with E-state index < -0.39 is 0 Å². The fourth-order valence-electron chi connectivity index (χ4n) is 2.55. The molecule has 3 N–H and O–H groups in total. The molecule has 1 aromatic carbocycles. The summed E-state index contributed by atoms with van der Waals surface area (Å²) < 4.78 is 0. The maximum atomic E-state index is 12.3. The highest BCUT2D eigenvalue weighted by molar-refractivity contribution is 5.86. The average Bonchev–Trinajstić information content (AvgIpc) is 2.43. The Balaban J connectivity index is 2.03. The summed E-state index contributed by atoms with van der Waals surface area (Å²) in [5, 5.41) is 3.26. The van der Waals surface area contributed by atoms with Crippen LogP contribution in [0.4, 0.5) is 11.4 Å². The standard InChI is InChI=1S/C15H23N3O/c1-11-7-6-8-13(16)14(11)17-12(2)15(19)18-9-4-3-5-10-18/h6-8,12,17H,3-5,9-10,16H2,1-2H3. The van der Waals surface area contributed by atoms with E-state index in [1.807, 2.05) is 36.9 Å². The molecule has 0 saturated carbocycles. The van der Waals surface area contributed by atoms with Crippen LogP contribution in [0.3, 0.4) is 0 Å². The quantitative estimate of drug-likeness (QED) is 0.821. The van der Waals surface area contributed by atoms with E-state index in [1.165, 1.54) is 6.42 Å². The summed E-state index contributed by atoms with van der Waals surface area (Å²) in [7, 11) is 0. The van der Waals surface area contributed by atoms with Crippen molar-refractivity contribution in [3.8, 4) is 0 Å². The lowest BCUT2D eigenvalue weighted by molar-refractivity contribution is -0.132. The third-order valence-corrected chi connectivity index (χ3v) is 3.70. The molecular formula is C15H23N3O. The molecule has 0 aromatic heterocycles. The van der Waals surface area contributed by atoms with Crippen molar-refractivity contribution in [1.29, 1.82) is 0 Å². The molecule has 0 bridgehead atoms. The molecule has 1 amide bonds. The molecule has 2 rings (SSSR count). The first kappa shape index (κ1) is 13.7. The zero-order chi connectivity index (χ0) is 13.8. The van der Waals surface area contributed by atoms with Crippen molar-refractivity contribution in [3.05, 3.63) is 23.8 Å². The largest absolute Gasteiger partial charge is 0.397 e. The van der Waals surface area contributed by atoms with Crippen molar-refractivity contribution in [2.24, 2.45) is 0 Å². The Morgan fingerprint density at radius 1 is 1.32 bits per heavy atom. The first-order valence-electron chi connectivity index (χ1n) is 7.00. The van der Waals surface area contributed by atoms with E-state index in [0.717, 1.165) is 37.2 Å². The smallest absolute Gasteiger partial charge is 0.244 e. The van der Waals surface area contributed by atoms with Gasteiger partial charge >= 0.3 is 0 Å². The number of carbonyl (C=O) groups is 1. The predicted octanol–water partition coefficient (Wildman–Crippen LogP) is 2.39. The van der Waals surface area contributed by atoms with Gasteiger partial charge in [0, 0.05) is 13.1 Å². The Hall–Kier alpha value is -1.71. The summed E-state index contributed by atoms with van der Waals surface area (Å²) in [6.07, 6.45) is 3.46. The number of hydrogen-bond acceptors (Lipinski definition) is 3. The maximum Gasteiger partial charge on any atom is 0.244 e. The Kier molecular flexibility index (Phi) is 4.30. The monoisotopic (exact) mass is 261 g/mol. The highest BCUT2D eigenvalue weighted by atomic mass is 16.2. The van der Waals surface area contributed by atoms with E-state index >= 15 is 0 Å². The number of anilines is 2. The minimum atomic E-state index is -0.235. The second kappa shape index (κ2) is 5.95. The number of para-hydroxylation sites is 1. The van der Waals surface area contributed by atoms with Crippen LogP contribution in [0.5, 0.6) is 0 Å². The zero-order valence-corrected chi connectivity index (χ0v) is 11.8. The summed E-state index contributed by atoms with van der Waals surface area (Å²) >= 11 is 0. The number of likely N-dealkylation sites (tertiary alicyclic amines) is 1. The molecule has 1 atom stereocenters. The van der Waals surface area contributed by atoms with Crippen molar-refractivity contribution < 1.29 is 4.79 Å². The van der Waals surface area contributed by atoms with E-state index in [9.17, 15) is 4.79 Å².